The van der Waals surface area contributed by atoms with Crippen molar-refractivity contribution < 1.29 is 15.3 Å². The molecule has 0 saturated heterocycles. The van der Waals surface area contributed by atoms with Crippen molar-refractivity contribution in [3.8, 4) is 5.75 Å². The molecule has 0 saturated carbocycles. The number of aliphatic hydroxyl groups is 2. The van der Waals surface area contributed by atoms with Crippen molar-refractivity contribution in [3.63, 3.8) is 0 Å². The Morgan fingerprint density at radius 3 is 2.67 bits per heavy atom. The number of hydrogen-bond donors (Lipinski definition) is 4. The molecule has 96 valence electrons. The quantitative estimate of drug-likeness (QED) is 0.662. The fourth-order valence-corrected chi connectivity index (χ4v) is 1.90. The number of aliphatic hydroxyl groups excluding tert-OH is 2. The van der Waals surface area contributed by atoms with Gasteiger partial charge in [-0.15, -0.1) is 0 Å². The van der Waals surface area contributed by atoms with Crippen molar-refractivity contribution in [2.75, 3.05) is 18.5 Å². The molecule has 0 spiro atoms. The molecule has 18 heavy (non-hydrogen) atoms. The van der Waals surface area contributed by atoms with E-state index >= 15 is 0 Å². The minimum absolute atomic E-state index is 0.268. The number of benzene rings is 2. The molecule has 2 aromatic carbocycles. The lowest BCUT2D eigenvalue weighted by molar-refractivity contribution is 0.105. The lowest BCUT2D eigenvalue weighted by atomic mass is 10.0. The third-order valence-electron chi connectivity index (χ3n) is 2.97. The van der Waals surface area contributed by atoms with Gasteiger partial charge in [0.2, 0.25) is 0 Å². The Morgan fingerprint density at radius 2 is 1.94 bits per heavy atom. The van der Waals surface area contributed by atoms with Crippen LogP contribution in [0.2, 0.25) is 0 Å². The van der Waals surface area contributed by atoms with Gasteiger partial charge < -0.3 is 20.6 Å². The first-order valence-electron chi connectivity index (χ1n) is 5.87. The Morgan fingerprint density at radius 1 is 1.17 bits per heavy atom. The normalized spacial score (nSPS) is 12.6. The number of hydrogen-bond acceptors (Lipinski definition) is 4. The SMILES string of the molecule is Cc1ccc2c(NCC(O)CO)cccc2c1O. The molecule has 0 aliphatic heterocycles. The predicted octanol–water partition coefficient (Wildman–Crippen LogP) is 1.62. The smallest absolute Gasteiger partial charge is 0.126 e. The maximum absolute atomic E-state index is 9.99. The second-order valence-corrected chi connectivity index (χ2v) is 4.35. The summed E-state index contributed by atoms with van der Waals surface area (Å²) in [6, 6.07) is 9.35. The fourth-order valence-electron chi connectivity index (χ4n) is 1.90. The van der Waals surface area contributed by atoms with Crippen LogP contribution < -0.4 is 5.32 Å². The molecular weight excluding hydrogens is 230 g/mol. The zero-order valence-electron chi connectivity index (χ0n) is 10.2. The molecule has 0 heterocycles. The van der Waals surface area contributed by atoms with Gasteiger partial charge in [0.05, 0.1) is 12.7 Å². The fraction of sp³-hybridized carbons (Fsp3) is 0.286. The third kappa shape index (κ3) is 2.39. The van der Waals surface area contributed by atoms with Gasteiger partial charge in [0.15, 0.2) is 0 Å². The molecule has 0 amide bonds. The topological polar surface area (TPSA) is 72.7 Å². The van der Waals surface area contributed by atoms with Crippen LogP contribution >= 0.6 is 0 Å². The van der Waals surface area contributed by atoms with Gasteiger partial charge in [0.1, 0.15) is 5.75 Å². The van der Waals surface area contributed by atoms with Crippen LogP contribution in [0.15, 0.2) is 30.3 Å². The molecule has 2 rings (SSSR count). The van der Waals surface area contributed by atoms with Crippen LogP contribution in [-0.2, 0) is 0 Å². The summed E-state index contributed by atoms with van der Waals surface area (Å²) >= 11 is 0. The van der Waals surface area contributed by atoms with Crippen molar-refractivity contribution in [2.45, 2.75) is 13.0 Å². The van der Waals surface area contributed by atoms with Crippen molar-refractivity contribution in [2.24, 2.45) is 0 Å². The van der Waals surface area contributed by atoms with Gasteiger partial charge in [0, 0.05) is 23.0 Å². The third-order valence-corrected chi connectivity index (χ3v) is 2.97. The Labute approximate surface area is 106 Å². The van der Waals surface area contributed by atoms with Crippen LogP contribution in [0.3, 0.4) is 0 Å². The van der Waals surface area contributed by atoms with E-state index in [9.17, 15) is 10.2 Å². The van der Waals surface area contributed by atoms with Gasteiger partial charge in [0.25, 0.3) is 0 Å². The van der Waals surface area contributed by atoms with E-state index < -0.39 is 6.10 Å². The maximum Gasteiger partial charge on any atom is 0.126 e. The second kappa shape index (κ2) is 5.25. The zero-order chi connectivity index (χ0) is 13.1. The molecule has 1 unspecified atom stereocenters. The molecule has 4 nitrogen and oxygen atoms in total. The number of nitrogens with one attached hydrogen (secondary N) is 1. The second-order valence-electron chi connectivity index (χ2n) is 4.35. The molecule has 0 aliphatic rings. The molecule has 0 bridgehead atoms. The summed E-state index contributed by atoms with van der Waals surface area (Å²) in [5.74, 6) is 0.277. The molecule has 0 radical (unpaired) electrons. The van der Waals surface area contributed by atoms with E-state index in [2.05, 4.69) is 5.32 Å². The van der Waals surface area contributed by atoms with E-state index in [1.165, 1.54) is 0 Å². The molecule has 2 aromatic rings. The van der Waals surface area contributed by atoms with Crippen molar-refractivity contribution >= 4 is 16.5 Å². The van der Waals surface area contributed by atoms with E-state index in [0.717, 1.165) is 22.0 Å². The highest BCUT2D eigenvalue weighted by Crippen LogP contribution is 2.32. The van der Waals surface area contributed by atoms with Crippen LogP contribution in [0.4, 0.5) is 5.69 Å². The molecular formula is C14H17NO3. The van der Waals surface area contributed by atoms with Gasteiger partial charge in [-0.25, -0.2) is 0 Å². The highest BCUT2D eigenvalue weighted by atomic mass is 16.3. The summed E-state index contributed by atoms with van der Waals surface area (Å²) in [4.78, 5) is 0. The Bertz CT molecular complexity index is 554. The van der Waals surface area contributed by atoms with E-state index in [4.69, 9.17) is 5.11 Å². The van der Waals surface area contributed by atoms with Gasteiger partial charge in [-0.2, -0.15) is 0 Å². The molecule has 0 aliphatic carbocycles. The number of anilines is 1. The van der Waals surface area contributed by atoms with Crippen molar-refractivity contribution in [3.05, 3.63) is 35.9 Å². The first kappa shape index (κ1) is 12.7. The molecule has 4 heteroatoms. The molecule has 0 aromatic heterocycles. The number of fused-ring (bicyclic) bond motifs is 1. The van der Waals surface area contributed by atoms with Crippen LogP contribution in [0, 0.1) is 6.92 Å². The van der Waals surface area contributed by atoms with E-state index in [-0.39, 0.29) is 18.9 Å². The first-order valence-corrected chi connectivity index (χ1v) is 5.87. The van der Waals surface area contributed by atoms with Gasteiger partial charge in [-0.1, -0.05) is 24.3 Å². The number of aryl methyl sites for hydroxylation is 1. The predicted molar refractivity (Wildman–Crippen MR) is 71.9 cm³/mol. The number of phenolic OH excluding ortho intramolecular Hbond substituents is 1. The standard InChI is InChI=1S/C14H17NO3/c1-9-5-6-11-12(14(9)18)3-2-4-13(11)15-7-10(17)8-16/h2-6,10,15-18H,7-8H2,1H3. The number of aromatic hydroxyl groups is 1. The largest absolute Gasteiger partial charge is 0.507 e. The molecule has 0 fully saturated rings. The zero-order valence-corrected chi connectivity index (χ0v) is 10.2. The van der Waals surface area contributed by atoms with Crippen LogP contribution in [0.25, 0.3) is 10.8 Å². The number of rotatable bonds is 4. The summed E-state index contributed by atoms with van der Waals surface area (Å²) in [5, 5.41) is 32.8. The van der Waals surface area contributed by atoms with E-state index in [0.29, 0.717) is 0 Å². The molecule has 4 N–H and O–H groups in total. The minimum atomic E-state index is -0.792. The summed E-state index contributed by atoms with van der Waals surface area (Å²) in [6.45, 7) is 1.84. The lowest BCUT2D eigenvalue weighted by Gasteiger charge is -2.13. The summed E-state index contributed by atoms with van der Waals surface area (Å²) in [6.07, 6.45) is -0.792. The van der Waals surface area contributed by atoms with Gasteiger partial charge in [-0.05, 0) is 18.6 Å². The maximum atomic E-state index is 9.99. The average molecular weight is 247 g/mol. The van der Waals surface area contributed by atoms with Gasteiger partial charge in [-0.3, -0.25) is 0 Å². The minimum Gasteiger partial charge on any atom is -0.507 e. The van der Waals surface area contributed by atoms with Crippen molar-refractivity contribution in [1.82, 2.24) is 0 Å². The number of phenols is 1. The summed E-state index contributed by atoms with van der Waals surface area (Å²) in [5.41, 5.74) is 1.66. The van der Waals surface area contributed by atoms with E-state index in [1.807, 2.05) is 37.3 Å². The van der Waals surface area contributed by atoms with Crippen LogP contribution in [0.1, 0.15) is 5.56 Å². The van der Waals surface area contributed by atoms with Crippen LogP contribution in [0.5, 0.6) is 5.75 Å². The lowest BCUT2D eigenvalue weighted by Crippen LogP contribution is -2.22. The average Bonchev–Trinajstić information content (AvgIpc) is 2.40. The Hall–Kier alpha value is -1.78. The summed E-state index contributed by atoms with van der Waals surface area (Å²) in [7, 11) is 0. The van der Waals surface area contributed by atoms with E-state index in [1.54, 1.807) is 0 Å². The van der Waals surface area contributed by atoms with Crippen molar-refractivity contribution in [1.29, 1.82) is 0 Å². The highest BCUT2D eigenvalue weighted by molar-refractivity contribution is 5.98. The van der Waals surface area contributed by atoms with Crippen LogP contribution in [-0.4, -0.2) is 34.6 Å². The summed E-state index contributed by atoms with van der Waals surface area (Å²) < 4.78 is 0. The first-order chi connectivity index (χ1) is 8.63. The Kier molecular flexibility index (Phi) is 3.69. The highest BCUT2D eigenvalue weighted by Gasteiger charge is 2.07. The Balaban J connectivity index is 2.37. The molecule has 1 atom stereocenters. The van der Waals surface area contributed by atoms with Gasteiger partial charge >= 0.3 is 0 Å². The monoisotopic (exact) mass is 247 g/mol.